The van der Waals surface area contributed by atoms with Crippen LogP contribution in [-0.2, 0) is 0 Å². The number of piperidine rings is 1. The lowest BCUT2D eigenvalue weighted by Gasteiger charge is -2.42. The number of benzene rings is 1. The molecule has 152 valence electrons. The summed E-state index contributed by atoms with van der Waals surface area (Å²) in [5.74, 6) is 0.580. The van der Waals surface area contributed by atoms with Crippen molar-refractivity contribution in [2.75, 3.05) is 13.1 Å². The Hall–Kier alpha value is -1.43. The molecule has 2 aromatic rings. The van der Waals surface area contributed by atoms with E-state index in [1.807, 2.05) is 16.8 Å². The summed E-state index contributed by atoms with van der Waals surface area (Å²) >= 11 is 6.12. The third-order valence-corrected chi connectivity index (χ3v) is 6.44. The summed E-state index contributed by atoms with van der Waals surface area (Å²) in [5.41, 5.74) is 2.34. The quantitative estimate of drug-likeness (QED) is 0.648. The molecule has 0 bridgehead atoms. The Balaban J connectivity index is 1.52. The third kappa shape index (κ3) is 4.58. The van der Waals surface area contributed by atoms with Gasteiger partial charge in [0.15, 0.2) is 0 Å². The van der Waals surface area contributed by atoms with Crippen molar-refractivity contribution >= 4 is 11.6 Å². The smallest absolute Gasteiger partial charge is 0.0892 e. The van der Waals surface area contributed by atoms with E-state index >= 15 is 0 Å². The number of aromatic nitrogens is 3. The Bertz CT molecular complexity index is 758. The lowest BCUT2D eigenvalue weighted by Crippen LogP contribution is -2.46. The van der Waals surface area contributed by atoms with Crippen LogP contribution in [0.4, 0.5) is 0 Å². The van der Waals surface area contributed by atoms with Gasteiger partial charge in [-0.3, -0.25) is 4.90 Å². The van der Waals surface area contributed by atoms with Gasteiger partial charge in [-0.2, -0.15) is 0 Å². The van der Waals surface area contributed by atoms with E-state index in [0.717, 1.165) is 23.7 Å². The van der Waals surface area contributed by atoms with Crippen LogP contribution in [0.5, 0.6) is 0 Å². The van der Waals surface area contributed by atoms with Crippen LogP contribution in [0, 0.1) is 0 Å². The van der Waals surface area contributed by atoms with Crippen molar-refractivity contribution in [3.8, 4) is 0 Å². The van der Waals surface area contributed by atoms with Crippen molar-refractivity contribution in [2.24, 2.45) is 0 Å². The summed E-state index contributed by atoms with van der Waals surface area (Å²) < 4.78 is 1.91. The van der Waals surface area contributed by atoms with Crippen molar-refractivity contribution in [2.45, 2.75) is 76.0 Å². The van der Waals surface area contributed by atoms with Crippen LogP contribution in [0.15, 0.2) is 30.5 Å². The molecule has 0 radical (unpaired) electrons. The van der Waals surface area contributed by atoms with Crippen LogP contribution >= 0.6 is 11.6 Å². The number of hydrogen-bond acceptors (Lipinski definition) is 4. The lowest BCUT2D eigenvalue weighted by atomic mass is 9.89. The van der Waals surface area contributed by atoms with Crippen LogP contribution in [0.3, 0.4) is 0 Å². The fourth-order valence-electron chi connectivity index (χ4n) is 4.35. The Morgan fingerprint density at radius 2 is 1.93 bits per heavy atom. The summed E-state index contributed by atoms with van der Waals surface area (Å²) in [6.45, 7) is 3.92. The second kappa shape index (κ2) is 8.93. The number of rotatable bonds is 8. The molecule has 1 aliphatic heterocycles. The molecule has 2 fully saturated rings. The molecule has 0 unspecified atom stereocenters. The fraction of sp³-hybridized carbons (Fsp3) is 0.636. The summed E-state index contributed by atoms with van der Waals surface area (Å²) in [5, 5.41) is 20.4. The fourth-order valence-corrected chi connectivity index (χ4v) is 4.47. The van der Waals surface area contributed by atoms with E-state index in [4.69, 9.17) is 11.6 Å². The molecule has 1 aliphatic carbocycles. The van der Waals surface area contributed by atoms with E-state index in [2.05, 4.69) is 40.5 Å². The molecule has 4 rings (SSSR count). The van der Waals surface area contributed by atoms with Crippen LogP contribution in [0.1, 0.15) is 81.1 Å². The molecule has 5 nitrogen and oxygen atoms in total. The second-order valence-corrected chi connectivity index (χ2v) is 8.83. The number of likely N-dealkylation sites (tertiary alicyclic amines) is 1. The highest BCUT2D eigenvalue weighted by Crippen LogP contribution is 2.41. The average Bonchev–Trinajstić information content (AvgIpc) is 3.44. The molecular weight excluding hydrogens is 372 g/mol. The van der Waals surface area contributed by atoms with Gasteiger partial charge in [-0.15, -0.1) is 5.10 Å². The molecule has 1 saturated carbocycles. The van der Waals surface area contributed by atoms with Gasteiger partial charge in [-0.05, 0) is 49.9 Å². The molecular formula is C22H31ClN4O. The van der Waals surface area contributed by atoms with Gasteiger partial charge in [-0.1, -0.05) is 55.1 Å². The largest absolute Gasteiger partial charge is 0.390 e. The first-order valence-corrected chi connectivity index (χ1v) is 11.1. The van der Waals surface area contributed by atoms with Gasteiger partial charge in [0.1, 0.15) is 0 Å². The molecule has 28 heavy (non-hydrogen) atoms. The molecule has 0 amide bonds. The standard InChI is InChI=1S/C22H31ClN4O/c1-2-3-4-5-12-26-15-22(28)21(27-14-19(24-25-27)16-6-7-16)13-20(26)17-8-10-18(23)11-9-17/h8-11,14,16,20-22,28H,2-7,12-13,15H2,1H3/t20-,21+,22+/m0/s1. The minimum Gasteiger partial charge on any atom is -0.390 e. The Kier molecular flexibility index (Phi) is 6.34. The predicted molar refractivity (Wildman–Crippen MR) is 112 cm³/mol. The zero-order chi connectivity index (χ0) is 19.5. The average molecular weight is 403 g/mol. The molecule has 1 aromatic heterocycles. The molecule has 1 N–H and O–H groups in total. The molecule has 2 aliphatic rings. The Morgan fingerprint density at radius 3 is 2.64 bits per heavy atom. The van der Waals surface area contributed by atoms with Gasteiger partial charge in [-0.25, -0.2) is 4.68 Å². The maximum atomic E-state index is 10.9. The SMILES string of the molecule is CCCCCCN1C[C@@H](O)[C@H](n2cc(C3CC3)nn2)C[C@H]1c1ccc(Cl)cc1. The van der Waals surface area contributed by atoms with E-state index in [9.17, 15) is 5.11 Å². The number of halogens is 1. The first-order valence-electron chi connectivity index (χ1n) is 10.7. The van der Waals surface area contributed by atoms with Gasteiger partial charge in [0.25, 0.3) is 0 Å². The molecule has 6 heteroatoms. The van der Waals surface area contributed by atoms with Gasteiger partial charge in [0.05, 0.1) is 17.8 Å². The molecule has 2 heterocycles. The van der Waals surface area contributed by atoms with Crippen molar-refractivity contribution in [3.63, 3.8) is 0 Å². The molecule has 3 atom stereocenters. The zero-order valence-electron chi connectivity index (χ0n) is 16.7. The number of unbranched alkanes of at least 4 members (excludes halogenated alkanes) is 3. The van der Waals surface area contributed by atoms with Crippen molar-refractivity contribution in [3.05, 3.63) is 46.7 Å². The predicted octanol–water partition coefficient (Wildman–Crippen LogP) is 4.74. The second-order valence-electron chi connectivity index (χ2n) is 8.39. The maximum Gasteiger partial charge on any atom is 0.0892 e. The number of nitrogens with zero attached hydrogens (tertiary/aromatic N) is 4. The van der Waals surface area contributed by atoms with Gasteiger partial charge >= 0.3 is 0 Å². The minimum atomic E-state index is -0.427. The van der Waals surface area contributed by atoms with Crippen LogP contribution in [0.2, 0.25) is 5.02 Å². The van der Waals surface area contributed by atoms with Gasteiger partial charge in [0, 0.05) is 29.7 Å². The third-order valence-electron chi connectivity index (χ3n) is 6.19. The van der Waals surface area contributed by atoms with Crippen LogP contribution in [-0.4, -0.2) is 44.2 Å². The minimum absolute atomic E-state index is 0.0347. The summed E-state index contributed by atoms with van der Waals surface area (Å²) in [6.07, 6.45) is 9.82. The molecule has 0 spiro atoms. The van der Waals surface area contributed by atoms with Gasteiger partial charge in [0.2, 0.25) is 0 Å². The van der Waals surface area contributed by atoms with Gasteiger partial charge < -0.3 is 5.11 Å². The van der Waals surface area contributed by atoms with E-state index in [1.54, 1.807) is 0 Å². The van der Waals surface area contributed by atoms with E-state index in [0.29, 0.717) is 12.5 Å². The zero-order valence-corrected chi connectivity index (χ0v) is 17.4. The Labute approximate surface area is 172 Å². The number of hydrogen-bond donors (Lipinski definition) is 1. The maximum absolute atomic E-state index is 10.9. The highest BCUT2D eigenvalue weighted by atomic mass is 35.5. The van der Waals surface area contributed by atoms with Crippen molar-refractivity contribution in [1.82, 2.24) is 19.9 Å². The topological polar surface area (TPSA) is 54.2 Å². The lowest BCUT2D eigenvalue weighted by molar-refractivity contribution is -0.0102. The normalized spacial score (nSPS) is 25.9. The molecule has 1 aromatic carbocycles. The van der Waals surface area contributed by atoms with Crippen LogP contribution < -0.4 is 0 Å². The first kappa shape index (κ1) is 19.9. The number of β-amino-alcohol motifs (C(OH)–C–C–N with tert-alkyl or cyclic N) is 1. The van der Waals surface area contributed by atoms with Crippen LogP contribution in [0.25, 0.3) is 0 Å². The number of aliphatic hydroxyl groups is 1. The molecule has 1 saturated heterocycles. The monoisotopic (exact) mass is 402 g/mol. The highest BCUT2D eigenvalue weighted by molar-refractivity contribution is 6.30. The van der Waals surface area contributed by atoms with Crippen molar-refractivity contribution < 1.29 is 5.11 Å². The van der Waals surface area contributed by atoms with Crippen molar-refractivity contribution in [1.29, 1.82) is 0 Å². The van der Waals surface area contributed by atoms with E-state index in [1.165, 1.54) is 44.1 Å². The van der Waals surface area contributed by atoms with E-state index in [-0.39, 0.29) is 12.1 Å². The van der Waals surface area contributed by atoms with E-state index < -0.39 is 6.10 Å². The summed E-state index contributed by atoms with van der Waals surface area (Å²) in [7, 11) is 0. The Morgan fingerprint density at radius 1 is 1.14 bits per heavy atom. The number of aliphatic hydroxyl groups excluding tert-OH is 1. The summed E-state index contributed by atoms with van der Waals surface area (Å²) in [4.78, 5) is 2.44. The first-order chi connectivity index (χ1) is 13.7. The summed E-state index contributed by atoms with van der Waals surface area (Å²) in [6, 6.07) is 8.41. The highest BCUT2D eigenvalue weighted by Gasteiger charge is 2.37.